The van der Waals surface area contributed by atoms with Crippen molar-refractivity contribution in [1.29, 1.82) is 0 Å². The summed E-state index contributed by atoms with van der Waals surface area (Å²) < 4.78 is 5.75. The van der Waals surface area contributed by atoms with Gasteiger partial charge in [-0.15, -0.1) is 6.58 Å². The monoisotopic (exact) mass is 346 g/mol. The number of aromatic nitrogens is 1. The van der Waals surface area contributed by atoms with Gasteiger partial charge in [0, 0.05) is 31.9 Å². The van der Waals surface area contributed by atoms with E-state index in [4.69, 9.17) is 4.74 Å². The van der Waals surface area contributed by atoms with Gasteiger partial charge >= 0.3 is 6.03 Å². The maximum absolute atomic E-state index is 11.9. The molecule has 0 unspecified atom stereocenters. The highest BCUT2D eigenvalue weighted by molar-refractivity contribution is 5.74. The van der Waals surface area contributed by atoms with Gasteiger partial charge < -0.3 is 20.3 Å². The molecule has 1 aliphatic rings. The van der Waals surface area contributed by atoms with Crippen LogP contribution >= 0.6 is 0 Å². The van der Waals surface area contributed by atoms with Crippen molar-refractivity contribution in [1.82, 2.24) is 15.6 Å². The fourth-order valence-electron chi connectivity index (χ4n) is 3.02. The molecule has 6 heteroatoms. The van der Waals surface area contributed by atoms with Gasteiger partial charge in [0.05, 0.1) is 12.2 Å². The highest BCUT2D eigenvalue weighted by Crippen LogP contribution is 2.18. The fourth-order valence-corrected chi connectivity index (χ4v) is 3.02. The average Bonchev–Trinajstić information content (AvgIpc) is 2.59. The second-order valence-corrected chi connectivity index (χ2v) is 6.64. The summed E-state index contributed by atoms with van der Waals surface area (Å²) in [4.78, 5) is 18.7. The Morgan fingerprint density at radius 3 is 2.72 bits per heavy atom. The third-order valence-electron chi connectivity index (χ3n) is 4.28. The number of urea groups is 1. The quantitative estimate of drug-likeness (QED) is 0.745. The van der Waals surface area contributed by atoms with Crippen molar-refractivity contribution in [3.05, 3.63) is 36.5 Å². The predicted octanol–water partition coefficient (Wildman–Crippen LogP) is 2.85. The number of pyridine rings is 1. The molecule has 25 heavy (non-hydrogen) atoms. The van der Waals surface area contributed by atoms with Crippen LogP contribution in [0.2, 0.25) is 0 Å². The molecule has 0 aromatic carbocycles. The minimum Gasteiger partial charge on any atom is -0.372 e. The maximum atomic E-state index is 11.9. The van der Waals surface area contributed by atoms with Gasteiger partial charge in [0.25, 0.3) is 0 Å². The zero-order valence-corrected chi connectivity index (χ0v) is 15.5. The Kier molecular flexibility index (Phi) is 7.25. The molecular weight excluding hydrogens is 316 g/mol. The standard InChI is InChI=1S/C19H30N4O2/c1-5-7-17(6-2)22-19(24)21-11-16-8-9-18(20-10-16)23-12-14(3)25-15(4)13-23/h5,8-10,14-15,17H,1,6-7,11-13H2,2-4H3,(H2,21,22,24)/t14-,15+,17-/m1/s1. The molecule has 1 saturated heterocycles. The fraction of sp³-hybridized carbons (Fsp3) is 0.579. The Balaban J connectivity index is 1.84. The number of ether oxygens (including phenoxy) is 1. The summed E-state index contributed by atoms with van der Waals surface area (Å²) in [6.45, 7) is 12.1. The number of nitrogens with one attached hydrogen (secondary N) is 2. The van der Waals surface area contributed by atoms with E-state index < -0.39 is 0 Å². The zero-order valence-electron chi connectivity index (χ0n) is 15.5. The van der Waals surface area contributed by atoms with E-state index in [1.54, 1.807) is 0 Å². The Morgan fingerprint density at radius 2 is 2.16 bits per heavy atom. The third-order valence-corrected chi connectivity index (χ3v) is 4.28. The molecule has 0 bridgehead atoms. The van der Waals surface area contributed by atoms with Gasteiger partial charge in [0.2, 0.25) is 0 Å². The molecule has 1 fully saturated rings. The lowest BCUT2D eigenvalue weighted by molar-refractivity contribution is -0.00546. The Morgan fingerprint density at radius 1 is 1.44 bits per heavy atom. The molecule has 0 aliphatic carbocycles. The van der Waals surface area contributed by atoms with Crippen LogP contribution in [0.25, 0.3) is 0 Å². The lowest BCUT2D eigenvalue weighted by Crippen LogP contribution is -2.45. The van der Waals surface area contributed by atoms with Crippen LogP contribution in [-0.4, -0.2) is 42.4 Å². The van der Waals surface area contributed by atoms with Crippen LogP contribution in [0.15, 0.2) is 31.0 Å². The van der Waals surface area contributed by atoms with Crippen molar-refractivity contribution in [2.45, 2.75) is 58.4 Å². The Labute approximate surface area is 150 Å². The molecule has 1 aromatic rings. The van der Waals surface area contributed by atoms with E-state index in [0.29, 0.717) is 6.54 Å². The first-order valence-corrected chi connectivity index (χ1v) is 9.02. The summed E-state index contributed by atoms with van der Waals surface area (Å²) in [5.41, 5.74) is 0.977. The summed E-state index contributed by atoms with van der Waals surface area (Å²) >= 11 is 0. The first-order chi connectivity index (χ1) is 12.0. The number of hydrogen-bond donors (Lipinski definition) is 2. The number of amides is 2. The van der Waals surface area contributed by atoms with E-state index in [9.17, 15) is 4.79 Å². The van der Waals surface area contributed by atoms with Gasteiger partial charge in [-0.05, 0) is 38.3 Å². The molecule has 1 aromatic heterocycles. The van der Waals surface area contributed by atoms with Gasteiger partial charge in [-0.2, -0.15) is 0 Å². The number of anilines is 1. The van der Waals surface area contributed by atoms with Crippen LogP contribution in [0.5, 0.6) is 0 Å². The normalized spacial score (nSPS) is 21.5. The highest BCUT2D eigenvalue weighted by Gasteiger charge is 2.22. The molecule has 1 aliphatic heterocycles. The number of hydrogen-bond acceptors (Lipinski definition) is 4. The third kappa shape index (κ3) is 6.05. The average molecular weight is 346 g/mol. The number of rotatable bonds is 7. The molecule has 2 amide bonds. The van der Waals surface area contributed by atoms with E-state index in [-0.39, 0.29) is 24.3 Å². The smallest absolute Gasteiger partial charge is 0.315 e. The van der Waals surface area contributed by atoms with Gasteiger partial charge in [0.15, 0.2) is 0 Å². The van der Waals surface area contributed by atoms with Crippen LogP contribution in [-0.2, 0) is 11.3 Å². The largest absolute Gasteiger partial charge is 0.372 e. The van der Waals surface area contributed by atoms with Crippen LogP contribution in [0.1, 0.15) is 39.2 Å². The molecular formula is C19H30N4O2. The minimum absolute atomic E-state index is 0.128. The van der Waals surface area contributed by atoms with Crippen molar-refractivity contribution in [2.24, 2.45) is 0 Å². The molecule has 2 heterocycles. The molecule has 2 rings (SSSR count). The van der Waals surface area contributed by atoms with E-state index >= 15 is 0 Å². The van der Waals surface area contributed by atoms with Crippen molar-refractivity contribution >= 4 is 11.8 Å². The van der Waals surface area contributed by atoms with E-state index in [1.165, 1.54) is 0 Å². The number of carbonyl (C=O) groups excluding carboxylic acids is 1. The maximum Gasteiger partial charge on any atom is 0.315 e. The summed E-state index contributed by atoms with van der Waals surface area (Å²) in [7, 11) is 0. The Bertz CT molecular complexity index is 551. The molecule has 0 saturated carbocycles. The second kappa shape index (κ2) is 9.42. The molecule has 2 N–H and O–H groups in total. The lowest BCUT2D eigenvalue weighted by Gasteiger charge is -2.36. The molecule has 3 atom stereocenters. The minimum atomic E-state index is -0.159. The van der Waals surface area contributed by atoms with Crippen molar-refractivity contribution in [2.75, 3.05) is 18.0 Å². The van der Waals surface area contributed by atoms with E-state index in [0.717, 1.165) is 37.3 Å². The Hall–Kier alpha value is -2.08. The number of nitrogens with zero attached hydrogens (tertiary/aromatic N) is 2. The second-order valence-electron chi connectivity index (χ2n) is 6.64. The zero-order chi connectivity index (χ0) is 18.2. The van der Waals surface area contributed by atoms with Gasteiger partial charge in [-0.1, -0.05) is 19.1 Å². The summed E-state index contributed by atoms with van der Waals surface area (Å²) in [6.07, 6.45) is 5.71. The summed E-state index contributed by atoms with van der Waals surface area (Å²) in [5, 5.41) is 5.82. The van der Waals surface area contributed by atoms with Crippen molar-refractivity contribution in [3.63, 3.8) is 0 Å². The SMILES string of the molecule is C=CC[C@@H](CC)NC(=O)NCc1ccc(N2C[C@@H](C)O[C@@H](C)C2)nc1. The number of morpholine rings is 1. The van der Waals surface area contributed by atoms with Gasteiger partial charge in [0.1, 0.15) is 5.82 Å². The molecule has 138 valence electrons. The summed E-state index contributed by atoms with van der Waals surface area (Å²) in [5.74, 6) is 0.951. The van der Waals surface area contributed by atoms with Gasteiger partial charge in [-0.3, -0.25) is 0 Å². The van der Waals surface area contributed by atoms with Crippen LogP contribution < -0.4 is 15.5 Å². The van der Waals surface area contributed by atoms with Gasteiger partial charge in [-0.25, -0.2) is 9.78 Å². The van der Waals surface area contributed by atoms with E-state index in [1.807, 2.05) is 31.3 Å². The first-order valence-electron chi connectivity index (χ1n) is 9.02. The van der Waals surface area contributed by atoms with Crippen LogP contribution in [0.4, 0.5) is 10.6 Å². The van der Waals surface area contributed by atoms with E-state index in [2.05, 4.69) is 40.9 Å². The molecule has 0 spiro atoms. The van der Waals surface area contributed by atoms with Crippen molar-refractivity contribution in [3.8, 4) is 0 Å². The summed E-state index contributed by atoms with van der Waals surface area (Å²) in [6, 6.07) is 3.98. The van der Waals surface area contributed by atoms with Crippen molar-refractivity contribution < 1.29 is 9.53 Å². The highest BCUT2D eigenvalue weighted by atomic mass is 16.5. The van der Waals surface area contributed by atoms with Crippen LogP contribution in [0, 0.1) is 0 Å². The first kappa shape index (κ1) is 19.2. The topological polar surface area (TPSA) is 66.5 Å². The number of carbonyl (C=O) groups is 1. The molecule has 0 radical (unpaired) electrons. The predicted molar refractivity (Wildman–Crippen MR) is 101 cm³/mol. The van der Waals surface area contributed by atoms with Crippen LogP contribution in [0.3, 0.4) is 0 Å². The molecule has 6 nitrogen and oxygen atoms in total. The lowest BCUT2D eigenvalue weighted by atomic mass is 10.1.